The molecule has 2 N–H and O–H groups in total. The molecule has 2 aromatic rings. The van der Waals surface area contributed by atoms with E-state index in [4.69, 9.17) is 5.73 Å². The molecule has 1 aliphatic rings. The van der Waals surface area contributed by atoms with E-state index in [2.05, 4.69) is 0 Å². The maximum Gasteiger partial charge on any atom is 0.227 e. The van der Waals surface area contributed by atoms with Crippen LogP contribution in [0.2, 0.25) is 0 Å². The smallest absolute Gasteiger partial charge is 0.227 e. The van der Waals surface area contributed by atoms with Gasteiger partial charge in [-0.05, 0) is 42.7 Å². The third-order valence-corrected chi connectivity index (χ3v) is 4.81. The molecule has 1 amide bonds. The Kier molecular flexibility index (Phi) is 5.31. The van der Waals surface area contributed by atoms with E-state index in [9.17, 15) is 13.6 Å². The highest BCUT2D eigenvalue weighted by Crippen LogP contribution is 2.27. The van der Waals surface area contributed by atoms with Gasteiger partial charge >= 0.3 is 0 Å². The number of nitrogen functional groups attached to an aromatic ring is 1. The van der Waals surface area contributed by atoms with Gasteiger partial charge < -0.3 is 10.6 Å². The first-order valence-electron chi connectivity index (χ1n) is 8.61. The van der Waals surface area contributed by atoms with Crippen molar-refractivity contribution in [1.82, 2.24) is 4.90 Å². The average molecular weight is 344 g/mol. The van der Waals surface area contributed by atoms with Crippen LogP contribution in [0.3, 0.4) is 0 Å². The summed E-state index contributed by atoms with van der Waals surface area (Å²) in [6.45, 7) is -0.0308. The SMILES string of the molecule is Nc1ccc(CC(=O)N(Cc2c(F)cccc2F)C2CCCC2)cc1. The first-order chi connectivity index (χ1) is 12.0. The Labute approximate surface area is 146 Å². The Morgan fingerprint density at radius 2 is 1.64 bits per heavy atom. The number of halogens is 2. The summed E-state index contributed by atoms with van der Waals surface area (Å²) in [5.74, 6) is -1.33. The molecule has 132 valence electrons. The van der Waals surface area contributed by atoms with Crippen LogP contribution in [0.1, 0.15) is 36.8 Å². The van der Waals surface area contributed by atoms with Crippen molar-refractivity contribution in [3.63, 3.8) is 0 Å². The molecule has 0 unspecified atom stereocenters. The van der Waals surface area contributed by atoms with E-state index in [-0.39, 0.29) is 30.5 Å². The number of benzene rings is 2. The fraction of sp³-hybridized carbons (Fsp3) is 0.350. The van der Waals surface area contributed by atoms with Crippen LogP contribution >= 0.6 is 0 Å². The third-order valence-electron chi connectivity index (χ3n) is 4.81. The second-order valence-electron chi connectivity index (χ2n) is 6.58. The molecule has 1 saturated carbocycles. The normalized spacial score (nSPS) is 14.6. The molecule has 0 radical (unpaired) electrons. The van der Waals surface area contributed by atoms with Crippen molar-refractivity contribution in [1.29, 1.82) is 0 Å². The molecule has 0 aliphatic heterocycles. The number of carbonyl (C=O) groups excluding carboxylic acids is 1. The molecule has 1 aliphatic carbocycles. The fourth-order valence-electron chi connectivity index (χ4n) is 3.40. The number of hydrogen-bond acceptors (Lipinski definition) is 2. The molecule has 0 spiro atoms. The van der Waals surface area contributed by atoms with E-state index in [1.165, 1.54) is 18.2 Å². The van der Waals surface area contributed by atoms with Gasteiger partial charge in [-0.1, -0.05) is 31.0 Å². The lowest BCUT2D eigenvalue weighted by atomic mass is 10.1. The fourth-order valence-corrected chi connectivity index (χ4v) is 3.40. The van der Waals surface area contributed by atoms with Crippen LogP contribution in [-0.4, -0.2) is 16.8 Å². The highest BCUT2D eigenvalue weighted by molar-refractivity contribution is 5.79. The topological polar surface area (TPSA) is 46.3 Å². The van der Waals surface area contributed by atoms with Gasteiger partial charge in [0.2, 0.25) is 5.91 Å². The second-order valence-corrected chi connectivity index (χ2v) is 6.58. The van der Waals surface area contributed by atoms with Crippen molar-refractivity contribution in [2.45, 2.75) is 44.7 Å². The number of nitrogens with zero attached hydrogens (tertiary/aromatic N) is 1. The van der Waals surface area contributed by atoms with Gasteiger partial charge in [0.05, 0.1) is 13.0 Å². The molecule has 0 bridgehead atoms. The maximum absolute atomic E-state index is 14.0. The molecular weight excluding hydrogens is 322 g/mol. The van der Waals surface area contributed by atoms with Crippen molar-refractivity contribution in [3.8, 4) is 0 Å². The minimum atomic E-state index is -0.608. The van der Waals surface area contributed by atoms with Gasteiger partial charge in [0.1, 0.15) is 11.6 Å². The zero-order chi connectivity index (χ0) is 17.8. The van der Waals surface area contributed by atoms with Crippen molar-refractivity contribution >= 4 is 11.6 Å². The van der Waals surface area contributed by atoms with Gasteiger partial charge in [0, 0.05) is 17.3 Å². The lowest BCUT2D eigenvalue weighted by Crippen LogP contribution is -2.39. The van der Waals surface area contributed by atoms with Gasteiger partial charge in [-0.2, -0.15) is 0 Å². The predicted molar refractivity (Wildman–Crippen MR) is 93.7 cm³/mol. The monoisotopic (exact) mass is 344 g/mol. The summed E-state index contributed by atoms with van der Waals surface area (Å²) < 4.78 is 28.1. The van der Waals surface area contributed by atoms with Crippen molar-refractivity contribution in [2.75, 3.05) is 5.73 Å². The van der Waals surface area contributed by atoms with Gasteiger partial charge in [-0.15, -0.1) is 0 Å². The summed E-state index contributed by atoms with van der Waals surface area (Å²) >= 11 is 0. The first-order valence-corrected chi connectivity index (χ1v) is 8.61. The van der Waals surface area contributed by atoms with Crippen molar-refractivity contribution in [3.05, 3.63) is 65.2 Å². The summed E-state index contributed by atoms with van der Waals surface area (Å²) in [5, 5.41) is 0. The van der Waals surface area contributed by atoms with Gasteiger partial charge in [0.25, 0.3) is 0 Å². The van der Waals surface area contributed by atoms with E-state index in [0.717, 1.165) is 31.2 Å². The van der Waals surface area contributed by atoms with Crippen LogP contribution in [0.25, 0.3) is 0 Å². The van der Waals surface area contributed by atoms with Crippen LogP contribution < -0.4 is 5.73 Å². The number of carbonyl (C=O) groups is 1. The zero-order valence-electron chi connectivity index (χ0n) is 14.1. The van der Waals surface area contributed by atoms with Crippen LogP contribution in [-0.2, 0) is 17.8 Å². The van der Waals surface area contributed by atoms with E-state index in [0.29, 0.717) is 5.69 Å². The summed E-state index contributed by atoms with van der Waals surface area (Å²) in [4.78, 5) is 14.5. The molecule has 2 aromatic carbocycles. The van der Waals surface area contributed by atoms with Crippen LogP contribution in [0.5, 0.6) is 0 Å². The summed E-state index contributed by atoms with van der Waals surface area (Å²) in [6.07, 6.45) is 4.03. The van der Waals surface area contributed by atoms with E-state index in [1.54, 1.807) is 17.0 Å². The summed E-state index contributed by atoms with van der Waals surface area (Å²) in [7, 11) is 0. The lowest BCUT2D eigenvalue weighted by molar-refractivity contribution is -0.133. The van der Waals surface area contributed by atoms with Crippen LogP contribution in [0.15, 0.2) is 42.5 Å². The quantitative estimate of drug-likeness (QED) is 0.832. The minimum Gasteiger partial charge on any atom is -0.399 e. The Morgan fingerprint density at radius 3 is 2.24 bits per heavy atom. The van der Waals surface area contributed by atoms with Crippen LogP contribution in [0, 0.1) is 11.6 Å². The average Bonchev–Trinajstić information content (AvgIpc) is 3.11. The number of rotatable bonds is 5. The number of anilines is 1. The molecule has 0 aromatic heterocycles. The lowest BCUT2D eigenvalue weighted by Gasteiger charge is -2.29. The largest absolute Gasteiger partial charge is 0.399 e. The van der Waals surface area contributed by atoms with Crippen molar-refractivity contribution < 1.29 is 13.6 Å². The Morgan fingerprint density at radius 1 is 1.04 bits per heavy atom. The number of hydrogen-bond donors (Lipinski definition) is 1. The molecule has 0 atom stereocenters. The van der Waals surface area contributed by atoms with E-state index < -0.39 is 11.6 Å². The Hall–Kier alpha value is -2.43. The Bertz CT molecular complexity index is 720. The standard InChI is InChI=1S/C20H22F2N2O/c21-18-6-3-7-19(22)17(18)13-24(16-4-1-2-5-16)20(25)12-14-8-10-15(23)11-9-14/h3,6-11,16H,1-2,4-5,12-13,23H2. The highest BCUT2D eigenvalue weighted by Gasteiger charge is 2.28. The highest BCUT2D eigenvalue weighted by atomic mass is 19.1. The molecular formula is C20H22F2N2O. The molecule has 0 saturated heterocycles. The van der Waals surface area contributed by atoms with Gasteiger partial charge in [-0.25, -0.2) is 8.78 Å². The number of amides is 1. The van der Waals surface area contributed by atoms with Gasteiger partial charge in [0.15, 0.2) is 0 Å². The molecule has 5 heteroatoms. The van der Waals surface area contributed by atoms with E-state index >= 15 is 0 Å². The first kappa shape index (κ1) is 17.4. The second kappa shape index (κ2) is 7.64. The van der Waals surface area contributed by atoms with Crippen molar-refractivity contribution in [2.24, 2.45) is 0 Å². The Balaban J connectivity index is 1.81. The summed E-state index contributed by atoms with van der Waals surface area (Å²) in [6, 6.07) is 11.0. The predicted octanol–water partition coefficient (Wildman–Crippen LogP) is 4.06. The third kappa shape index (κ3) is 4.16. The molecule has 1 fully saturated rings. The number of nitrogens with two attached hydrogens (primary N) is 1. The summed E-state index contributed by atoms with van der Waals surface area (Å²) in [5.41, 5.74) is 7.11. The van der Waals surface area contributed by atoms with E-state index in [1.807, 2.05) is 12.1 Å². The van der Waals surface area contributed by atoms with Gasteiger partial charge in [-0.3, -0.25) is 4.79 Å². The maximum atomic E-state index is 14.0. The molecule has 3 nitrogen and oxygen atoms in total. The van der Waals surface area contributed by atoms with Crippen LogP contribution in [0.4, 0.5) is 14.5 Å². The molecule has 0 heterocycles. The minimum absolute atomic E-state index is 0.0308. The zero-order valence-corrected chi connectivity index (χ0v) is 14.1. The molecule has 3 rings (SSSR count). The molecule has 25 heavy (non-hydrogen) atoms.